The second kappa shape index (κ2) is 6.93. The molecule has 3 nitrogen and oxygen atoms in total. The summed E-state index contributed by atoms with van der Waals surface area (Å²) in [6, 6.07) is 0. The standard InChI is InChI=1S/C11H20N2OS/c1-9(2)7-14-5-4-12-6-11-8-15-10(3)13-11/h8-9,12H,4-7H2,1-3H3. The molecule has 1 rings (SSSR count). The highest BCUT2D eigenvalue weighted by Crippen LogP contribution is 2.06. The summed E-state index contributed by atoms with van der Waals surface area (Å²) in [5.41, 5.74) is 1.13. The van der Waals surface area contributed by atoms with Gasteiger partial charge in [-0.05, 0) is 12.8 Å². The number of thiazole rings is 1. The predicted molar refractivity (Wildman–Crippen MR) is 64.2 cm³/mol. The first-order valence-electron chi connectivity index (χ1n) is 5.38. The van der Waals surface area contributed by atoms with Gasteiger partial charge in [0, 0.05) is 25.1 Å². The smallest absolute Gasteiger partial charge is 0.0897 e. The van der Waals surface area contributed by atoms with E-state index in [1.807, 2.05) is 6.92 Å². The number of nitrogens with one attached hydrogen (secondary N) is 1. The Morgan fingerprint density at radius 1 is 1.53 bits per heavy atom. The van der Waals surface area contributed by atoms with Crippen LogP contribution < -0.4 is 5.32 Å². The molecule has 1 aromatic rings. The molecule has 0 aromatic carbocycles. The Hall–Kier alpha value is -0.450. The fourth-order valence-electron chi connectivity index (χ4n) is 1.17. The molecule has 0 saturated heterocycles. The SMILES string of the molecule is Cc1nc(CNCCOCC(C)C)cs1. The minimum absolute atomic E-state index is 0.617. The molecule has 1 N–H and O–H groups in total. The molecule has 15 heavy (non-hydrogen) atoms. The minimum Gasteiger partial charge on any atom is -0.380 e. The first kappa shape index (κ1) is 12.6. The van der Waals surface area contributed by atoms with E-state index >= 15 is 0 Å². The summed E-state index contributed by atoms with van der Waals surface area (Å²) in [4.78, 5) is 4.37. The van der Waals surface area contributed by atoms with Gasteiger partial charge in [0.25, 0.3) is 0 Å². The molecule has 0 saturated carbocycles. The van der Waals surface area contributed by atoms with Crippen molar-refractivity contribution in [2.75, 3.05) is 19.8 Å². The Morgan fingerprint density at radius 3 is 2.93 bits per heavy atom. The number of nitrogens with zero attached hydrogens (tertiary/aromatic N) is 1. The lowest BCUT2D eigenvalue weighted by Gasteiger charge is -2.06. The normalized spacial score (nSPS) is 11.2. The van der Waals surface area contributed by atoms with Crippen LogP contribution in [0.2, 0.25) is 0 Å². The van der Waals surface area contributed by atoms with E-state index < -0.39 is 0 Å². The molecule has 0 fully saturated rings. The molecule has 0 atom stereocenters. The highest BCUT2D eigenvalue weighted by atomic mass is 32.1. The fourth-order valence-corrected chi connectivity index (χ4v) is 1.78. The van der Waals surface area contributed by atoms with Gasteiger partial charge in [-0.2, -0.15) is 0 Å². The average molecular weight is 228 g/mol. The van der Waals surface area contributed by atoms with Crippen LogP contribution in [0.1, 0.15) is 24.5 Å². The Bertz CT molecular complexity index is 273. The third kappa shape index (κ3) is 5.87. The van der Waals surface area contributed by atoms with Crippen LogP contribution in [0.5, 0.6) is 0 Å². The van der Waals surface area contributed by atoms with Crippen LogP contribution in [-0.2, 0) is 11.3 Å². The van der Waals surface area contributed by atoms with Gasteiger partial charge in [0.15, 0.2) is 0 Å². The van der Waals surface area contributed by atoms with E-state index in [-0.39, 0.29) is 0 Å². The van der Waals surface area contributed by atoms with Crippen LogP contribution in [0, 0.1) is 12.8 Å². The third-order valence-electron chi connectivity index (χ3n) is 1.85. The van der Waals surface area contributed by atoms with Gasteiger partial charge in [0.05, 0.1) is 17.3 Å². The molecule has 0 aliphatic carbocycles. The Labute approximate surface area is 95.9 Å². The summed E-state index contributed by atoms with van der Waals surface area (Å²) in [5, 5.41) is 6.53. The van der Waals surface area contributed by atoms with Crippen LogP contribution in [0.15, 0.2) is 5.38 Å². The predicted octanol–water partition coefficient (Wildman–Crippen LogP) is 2.21. The molecule has 0 aliphatic heterocycles. The summed E-state index contributed by atoms with van der Waals surface area (Å²) in [6.45, 7) is 9.70. The van der Waals surface area contributed by atoms with Crippen molar-refractivity contribution in [3.05, 3.63) is 16.1 Å². The highest BCUT2D eigenvalue weighted by Gasteiger charge is 1.97. The molecule has 0 spiro atoms. The molecule has 4 heteroatoms. The van der Waals surface area contributed by atoms with Crippen LogP contribution >= 0.6 is 11.3 Å². The Morgan fingerprint density at radius 2 is 2.33 bits per heavy atom. The summed E-state index contributed by atoms with van der Waals surface area (Å²) in [7, 11) is 0. The molecule has 0 bridgehead atoms. The minimum atomic E-state index is 0.617. The van der Waals surface area contributed by atoms with Gasteiger partial charge in [-0.25, -0.2) is 4.98 Å². The van der Waals surface area contributed by atoms with Crippen LogP contribution in [0.25, 0.3) is 0 Å². The number of hydrogen-bond acceptors (Lipinski definition) is 4. The molecular formula is C11H20N2OS. The molecule has 1 heterocycles. The maximum atomic E-state index is 5.46. The van der Waals surface area contributed by atoms with Crippen molar-refractivity contribution in [1.29, 1.82) is 0 Å². The average Bonchev–Trinajstić information content (AvgIpc) is 2.57. The lowest BCUT2D eigenvalue weighted by atomic mass is 10.2. The van der Waals surface area contributed by atoms with Gasteiger partial charge in [0.2, 0.25) is 0 Å². The maximum Gasteiger partial charge on any atom is 0.0897 e. The molecule has 86 valence electrons. The monoisotopic (exact) mass is 228 g/mol. The van der Waals surface area contributed by atoms with Crippen molar-refractivity contribution in [2.45, 2.75) is 27.3 Å². The van der Waals surface area contributed by atoms with Gasteiger partial charge < -0.3 is 10.1 Å². The van der Waals surface area contributed by atoms with E-state index in [2.05, 4.69) is 29.5 Å². The van der Waals surface area contributed by atoms with Crippen molar-refractivity contribution in [3.8, 4) is 0 Å². The van der Waals surface area contributed by atoms with Crippen LogP contribution in [-0.4, -0.2) is 24.7 Å². The van der Waals surface area contributed by atoms with Crippen LogP contribution in [0.3, 0.4) is 0 Å². The molecule has 0 radical (unpaired) electrons. The molecule has 1 aromatic heterocycles. The zero-order chi connectivity index (χ0) is 11.1. The van der Waals surface area contributed by atoms with Crippen LogP contribution in [0.4, 0.5) is 0 Å². The van der Waals surface area contributed by atoms with Gasteiger partial charge >= 0.3 is 0 Å². The first-order valence-corrected chi connectivity index (χ1v) is 6.26. The first-order chi connectivity index (χ1) is 7.18. The van der Waals surface area contributed by atoms with Crippen molar-refractivity contribution >= 4 is 11.3 Å². The third-order valence-corrected chi connectivity index (χ3v) is 2.67. The van der Waals surface area contributed by atoms with E-state index in [9.17, 15) is 0 Å². The van der Waals surface area contributed by atoms with E-state index in [1.54, 1.807) is 11.3 Å². The summed E-state index contributed by atoms with van der Waals surface area (Å²) < 4.78 is 5.46. The van der Waals surface area contributed by atoms with Crippen molar-refractivity contribution in [3.63, 3.8) is 0 Å². The largest absolute Gasteiger partial charge is 0.380 e. The maximum absolute atomic E-state index is 5.46. The molecule has 0 aliphatic rings. The van der Waals surface area contributed by atoms with E-state index in [1.165, 1.54) is 0 Å². The zero-order valence-electron chi connectivity index (χ0n) is 9.75. The van der Waals surface area contributed by atoms with E-state index in [0.717, 1.165) is 37.0 Å². The molecular weight excluding hydrogens is 208 g/mol. The zero-order valence-corrected chi connectivity index (χ0v) is 10.6. The lowest BCUT2D eigenvalue weighted by Crippen LogP contribution is -2.20. The van der Waals surface area contributed by atoms with Gasteiger partial charge in [0.1, 0.15) is 0 Å². The van der Waals surface area contributed by atoms with Gasteiger partial charge in [-0.15, -0.1) is 11.3 Å². The number of rotatable bonds is 7. The molecule has 0 unspecified atom stereocenters. The second-order valence-electron chi connectivity index (χ2n) is 4.00. The summed E-state index contributed by atoms with van der Waals surface area (Å²) in [6.07, 6.45) is 0. The van der Waals surface area contributed by atoms with Crippen molar-refractivity contribution < 1.29 is 4.74 Å². The van der Waals surface area contributed by atoms with E-state index in [4.69, 9.17) is 4.74 Å². The number of aryl methyl sites for hydroxylation is 1. The summed E-state index contributed by atoms with van der Waals surface area (Å²) >= 11 is 1.69. The quantitative estimate of drug-likeness (QED) is 0.727. The Balaban J connectivity index is 1.98. The van der Waals surface area contributed by atoms with E-state index in [0.29, 0.717) is 5.92 Å². The number of aromatic nitrogens is 1. The number of ether oxygens (including phenoxy) is 1. The van der Waals surface area contributed by atoms with Crippen molar-refractivity contribution in [2.24, 2.45) is 5.92 Å². The van der Waals surface area contributed by atoms with Gasteiger partial charge in [-0.3, -0.25) is 0 Å². The highest BCUT2D eigenvalue weighted by molar-refractivity contribution is 7.09. The van der Waals surface area contributed by atoms with Gasteiger partial charge in [-0.1, -0.05) is 13.8 Å². The Kier molecular flexibility index (Phi) is 5.83. The second-order valence-corrected chi connectivity index (χ2v) is 5.07. The fraction of sp³-hybridized carbons (Fsp3) is 0.727. The van der Waals surface area contributed by atoms with Crippen molar-refractivity contribution in [1.82, 2.24) is 10.3 Å². The molecule has 0 amide bonds. The summed E-state index contributed by atoms with van der Waals surface area (Å²) in [5.74, 6) is 0.617. The lowest BCUT2D eigenvalue weighted by molar-refractivity contribution is 0.111. The topological polar surface area (TPSA) is 34.2 Å². The number of hydrogen-bond donors (Lipinski definition) is 1.